The van der Waals surface area contributed by atoms with Gasteiger partial charge in [-0.1, -0.05) is 0 Å². The summed E-state index contributed by atoms with van der Waals surface area (Å²) in [5, 5.41) is 9.70. The minimum Gasteiger partial charge on any atom is -0.466 e. The van der Waals surface area contributed by atoms with Crippen molar-refractivity contribution in [2.75, 3.05) is 6.54 Å². The number of furan rings is 1. The molecule has 0 bridgehead atoms. The number of aliphatic hydroxyl groups excluding tert-OH is 1. The zero-order valence-corrected chi connectivity index (χ0v) is 12.0. The second kappa shape index (κ2) is 5.37. The van der Waals surface area contributed by atoms with Crippen molar-refractivity contribution in [3.05, 3.63) is 23.7 Å². The number of carbonyl (C=O) groups excluding carboxylic acids is 1. The van der Waals surface area contributed by atoms with Crippen molar-refractivity contribution < 1.29 is 14.3 Å². The lowest BCUT2D eigenvalue weighted by molar-refractivity contribution is -0.141. The molecule has 0 radical (unpaired) electrons. The zero-order valence-electron chi connectivity index (χ0n) is 12.0. The highest BCUT2D eigenvalue weighted by Crippen LogP contribution is 2.28. The molecule has 1 atom stereocenters. The van der Waals surface area contributed by atoms with Gasteiger partial charge in [-0.05, 0) is 45.7 Å². The molecule has 1 unspecified atom stereocenters. The molecule has 1 fully saturated rings. The van der Waals surface area contributed by atoms with Crippen molar-refractivity contribution in [3.8, 4) is 0 Å². The number of rotatable bonds is 3. The first-order valence-corrected chi connectivity index (χ1v) is 6.92. The predicted octanol–water partition coefficient (Wildman–Crippen LogP) is 2.28. The molecule has 0 aromatic carbocycles. The van der Waals surface area contributed by atoms with Crippen LogP contribution in [-0.2, 0) is 11.2 Å². The average Bonchev–Trinajstić information content (AvgIpc) is 2.70. The highest BCUT2D eigenvalue weighted by Gasteiger charge is 2.36. The van der Waals surface area contributed by atoms with Gasteiger partial charge in [-0.3, -0.25) is 4.79 Å². The smallest absolute Gasteiger partial charge is 0.223 e. The Hall–Kier alpha value is -1.29. The number of hydrogen-bond donors (Lipinski definition) is 1. The van der Waals surface area contributed by atoms with Gasteiger partial charge in [0.15, 0.2) is 0 Å². The van der Waals surface area contributed by atoms with E-state index < -0.39 is 0 Å². The summed E-state index contributed by atoms with van der Waals surface area (Å²) in [5.41, 5.74) is -0.256. The van der Waals surface area contributed by atoms with Crippen molar-refractivity contribution in [2.24, 2.45) is 0 Å². The van der Waals surface area contributed by atoms with E-state index in [0.717, 1.165) is 11.5 Å². The molecule has 0 spiro atoms. The Balaban J connectivity index is 1.92. The van der Waals surface area contributed by atoms with Gasteiger partial charge in [-0.25, -0.2) is 0 Å². The molecule has 1 aromatic rings. The van der Waals surface area contributed by atoms with Gasteiger partial charge in [-0.15, -0.1) is 0 Å². The molecule has 0 saturated carbocycles. The predicted molar refractivity (Wildman–Crippen MR) is 72.8 cm³/mol. The van der Waals surface area contributed by atoms with E-state index in [2.05, 4.69) is 0 Å². The van der Waals surface area contributed by atoms with E-state index in [-0.39, 0.29) is 17.6 Å². The summed E-state index contributed by atoms with van der Waals surface area (Å²) in [5.74, 6) is 1.88. The van der Waals surface area contributed by atoms with Crippen molar-refractivity contribution in [1.29, 1.82) is 0 Å². The van der Waals surface area contributed by atoms with Gasteiger partial charge in [0, 0.05) is 24.9 Å². The summed E-state index contributed by atoms with van der Waals surface area (Å²) in [7, 11) is 0. The van der Waals surface area contributed by atoms with E-state index in [1.807, 2.05) is 37.8 Å². The molecule has 1 saturated heterocycles. The average molecular weight is 265 g/mol. The molecule has 106 valence electrons. The maximum absolute atomic E-state index is 12.3. The number of aryl methyl sites for hydroxylation is 2. The van der Waals surface area contributed by atoms with Crippen LogP contribution in [0.1, 0.15) is 44.6 Å². The van der Waals surface area contributed by atoms with E-state index >= 15 is 0 Å². The molecule has 0 aliphatic carbocycles. The quantitative estimate of drug-likeness (QED) is 0.912. The summed E-state index contributed by atoms with van der Waals surface area (Å²) in [4.78, 5) is 14.2. The third-order valence-corrected chi connectivity index (χ3v) is 3.83. The molecule has 1 aliphatic heterocycles. The minimum absolute atomic E-state index is 0.144. The Kier molecular flexibility index (Phi) is 3.99. The van der Waals surface area contributed by atoms with Crippen LogP contribution in [0.5, 0.6) is 0 Å². The Morgan fingerprint density at radius 3 is 2.84 bits per heavy atom. The summed E-state index contributed by atoms with van der Waals surface area (Å²) in [6.07, 6.45) is 2.15. The van der Waals surface area contributed by atoms with E-state index in [1.165, 1.54) is 0 Å². The van der Waals surface area contributed by atoms with E-state index in [9.17, 15) is 9.90 Å². The number of aliphatic hydroxyl groups is 1. The summed E-state index contributed by atoms with van der Waals surface area (Å²) >= 11 is 0. The number of hydrogen-bond acceptors (Lipinski definition) is 3. The Labute approximate surface area is 114 Å². The van der Waals surface area contributed by atoms with E-state index in [4.69, 9.17) is 4.42 Å². The Morgan fingerprint density at radius 1 is 1.53 bits per heavy atom. The van der Waals surface area contributed by atoms with Crippen molar-refractivity contribution in [2.45, 2.75) is 58.1 Å². The van der Waals surface area contributed by atoms with Gasteiger partial charge in [0.2, 0.25) is 5.91 Å². The largest absolute Gasteiger partial charge is 0.466 e. The lowest BCUT2D eigenvalue weighted by Gasteiger charge is -2.44. The first-order chi connectivity index (χ1) is 8.88. The van der Waals surface area contributed by atoms with Gasteiger partial charge in [0.25, 0.3) is 0 Å². The molecule has 1 aromatic heterocycles. The van der Waals surface area contributed by atoms with Crippen LogP contribution in [0.25, 0.3) is 0 Å². The first kappa shape index (κ1) is 14.1. The summed E-state index contributed by atoms with van der Waals surface area (Å²) in [6, 6.07) is 3.84. The molecule has 1 N–H and O–H groups in total. The number of likely N-dealkylation sites (tertiary alicyclic amines) is 1. The third-order valence-electron chi connectivity index (χ3n) is 3.83. The fourth-order valence-electron chi connectivity index (χ4n) is 2.82. The molecule has 2 rings (SSSR count). The van der Waals surface area contributed by atoms with Crippen molar-refractivity contribution >= 4 is 5.91 Å². The molecular formula is C15H23NO3. The fourth-order valence-corrected chi connectivity index (χ4v) is 2.82. The topological polar surface area (TPSA) is 53.7 Å². The van der Waals surface area contributed by atoms with Crippen LogP contribution in [0, 0.1) is 6.92 Å². The van der Waals surface area contributed by atoms with Crippen LogP contribution in [0.3, 0.4) is 0 Å². The van der Waals surface area contributed by atoms with Gasteiger partial charge in [0.05, 0.1) is 6.10 Å². The SMILES string of the molecule is Cc1ccc(CCC(=O)N2CCC(O)CC2(C)C)o1. The van der Waals surface area contributed by atoms with Crippen LogP contribution in [0.2, 0.25) is 0 Å². The number of piperidine rings is 1. The fraction of sp³-hybridized carbons (Fsp3) is 0.667. The zero-order chi connectivity index (χ0) is 14.0. The highest BCUT2D eigenvalue weighted by atomic mass is 16.3. The molecule has 1 amide bonds. The second-order valence-electron chi connectivity index (χ2n) is 6.02. The van der Waals surface area contributed by atoms with Crippen LogP contribution in [-0.4, -0.2) is 34.1 Å². The van der Waals surface area contributed by atoms with Crippen LogP contribution in [0.4, 0.5) is 0 Å². The van der Waals surface area contributed by atoms with Gasteiger partial charge < -0.3 is 14.4 Å². The molecular weight excluding hydrogens is 242 g/mol. The Morgan fingerprint density at radius 2 is 2.26 bits per heavy atom. The Bertz CT molecular complexity index is 450. The van der Waals surface area contributed by atoms with Gasteiger partial charge >= 0.3 is 0 Å². The molecule has 1 aliphatic rings. The standard InChI is InChI=1S/C15H23NO3/c1-11-4-5-13(19-11)6-7-14(18)16-9-8-12(17)10-15(16,2)3/h4-5,12,17H,6-10H2,1-3H3. The monoisotopic (exact) mass is 265 g/mol. The molecule has 19 heavy (non-hydrogen) atoms. The normalized spacial score (nSPS) is 22.5. The molecule has 4 heteroatoms. The molecule has 2 heterocycles. The van der Waals surface area contributed by atoms with Crippen molar-refractivity contribution in [1.82, 2.24) is 4.90 Å². The van der Waals surface area contributed by atoms with E-state index in [0.29, 0.717) is 32.2 Å². The maximum atomic E-state index is 12.3. The second-order valence-corrected chi connectivity index (χ2v) is 6.02. The molecule has 4 nitrogen and oxygen atoms in total. The van der Waals surface area contributed by atoms with Crippen LogP contribution in [0.15, 0.2) is 16.5 Å². The number of carbonyl (C=O) groups is 1. The number of nitrogens with zero attached hydrogens (tertiary/aromatic N) is 1. The summed E-state index contributed by atoms with van der Waals surface area (Å²) < 4.78 is 5.48. The summed E-state index contributed by atoms with van der Waals surface area (Å²) in [6.45, 7) is 6.58. The van der Waals surface area contributed by atoms with Crippen LogP contribution < -0.4 is 0 Å². The lowest BCUT2D eigenvalue weighted by Crippen LogP contribution is -2.54. The van der Waals surface area contributed by atoms with Crippen LogP contribution >= 0.6 is 0 Å². The van der Waals surface area contributed by atoms with E-state index in [1.54, 1.807) is 0 Å². The first-order valence-electron chi connectivity index (χ1n) is 6.92. The number of amides is 1. The highest BCUT2D eigenvalue weighted by molar-refractivity contribution is 5.77. The van der Waals surface area contributed by atoms with Gasteiger partial charge in [-0.2, -0.15) is 0 Å². The minimum atomic E-state index is -0.285. The van der Waals surface area contributed by atoms with Gasteiger partial charge in [0.1, 0.15) is 11.5 Å². The van der Waals surface area contributed by atoms with Crippen molar-refractivity contribution in [3.63, 3.8) is 0 Å². The third kappa shape index (κ3) is 3.38. The maximum Gasteiger partial charge on any atom is 0.223 e. The lowest BCUT2D eigenvalue weighted by atomic mass is 9.88.